The van der Waals surface area contributed by atoms with E-state index in [9.17, 15) is 9.59 Å². The number of hydrogen-bond donors (Lipinski definition) is 1. The van der Waals surface area contributed by atoms with Gasteiger partial charge < -0.3 is 14.8 Å². The van der Waals surface area contributed by atoms with Crippen LogP contribution in [0.3, 0.4) is 0 Å². The van der Waals surface area contributed by atoms with Gasteiger partial charge in [-0.25, -0.2) is 4.79 Å². The Labute approximate surface area is 138 Å². The maximum atomic E-state index is 12.2. The quantitative estimate of drug-likeness (QED) is 0.855. The summed E-state index contributed by atoms with van der Waals surface area (Å²) >= 11 is 1.39. The SMILES string of the molecule is Cc1c(C(=O)OCC(=O)NCC2CCCO2)sc2ccccc12. The summed E-state index contributed by atoms with van der Waals surface area (Å²) in [6, 6.07) is 7.83. The molecule has 1 aromatic heterocycles. The van der Waals surface area contributed by atoms with Gasteiger partial charge in [0.2, 0.25) is 0 Å². The van der Waals surface area contributed by atoms with E-state index in [0.717, 1.165) is 35.1 Å². The molecule has 23 heavy (non-hydrogen) atoms. The summed E-state index contributed by atoms with van der Waals surface area (Å²) in [5, 5.41) is 3.78. The monoisotopic (exact) mass is 333 g/mol. The predicted molar refractivity (Wildman–Crippen MR) is 88.8 cm³/mol. The first-order chi connectivity index (χ1) is 11.1. The van der Waals surface area contributed by atoms with Crippen LogP contribution in [-0.2, 0) is 14.3 Å². The Hall–Kier alpha value is -1.92. The molecule has 0 spiro atoms. The Morgan fingerprint density at radius 3 is 2.96 bits per heavy atom. The first-order valence-electron chi connectivity index (χ1n) is 7.68. The summed E-state index contributed by atoms with van der Waals surface area (Å²) in [4.78, 5) is 24.5. The van der Waals surface area contributed by atoms with E-state index in [0.29, 0.717) is 11.4 Å². The molecule has 0 saturated carbocycles. The fourth-order valence-electron chi connectivity index (χ4n) is 2.65. The minimum Gasteiger partial charge on any atom is -0.451 e. The molecule has 0 bridgehead atoms. The zero-order valence-corrected chi connectivity index (χ0v) is 13.8. The van der Waals surface area contributed by atoms with Crippen LogP contribution in [0.5, 0.6) is 0 Å². The first-order valence-corrected chi connectivity index (χ1v) is 8.50. The van der Waals surface area contributed by atoms with Crippen molar-refractivity contribution in [3.63, 3.8) is 0 Å². The number of amides is 1. The Bertz CT molecular complexity index is 718. The molecule has 5 nitrogen and oxygen atoms in total. The first kappa shape index (κ1) is 16.0. The van der Waals surface area contributed by atoms with Crippen LogP contribution in [0, 0.1) is 6.92 Å². The number of carbonyl (C=O) groups is 2. The molecule has 1 fully saturated rings. The highest BCUT2D eigenvalue weighted by atomic mass is 32.1. The third-order valence-electron chi connectivity index (χ3n) is 3.91. The lowest BCUT2D eigenvalue weighted by Gasteiger charge is -2.10. The molecule has 0 aliphatic carbocycles. The van der Waals surface area contributed by atoms with Crippen molar-refractivity contribution in [1.82, 2.24) is 5.32 Å². The van der Waals surface area contributed by atoms with Gasteiger partial charge in [-0.15, -0.1) is 11.3 Å². The average Bonchev–Trinajstić information content (AvgIpc) is 3.19. The molecular weight excluding hydrogens is 314 g/mol. The van der Waals surface area contributed by atoms with Crippen LogP contribution in [-0.4, -0.2) is 37.7 Å². The van der Waals surface area contributed by atoms with E-state index in [2.05, 4.69) is 5.32 Å². The number of esters is 1. The van der Waals surface area contributed by atoms with E-state index >= 15 is 0 Å². The molecule has 1 amide bonds. The fourth-order valence-corrected chi connectivity index (χ4v) is 3.75. The zero-order chi connectivity index (χ0) is 16.2. The van der Waals surface area contributed by atoms with E-state index < -0.39 is 5.97 Å². The molecule has 0 radical (unpaired) electrons. The second-order valence-electron chi connectivity index (χ2n) is 5.57. The van der Waals surface area contributed by atoms with Gasteiger partial charge in [-0.05, 0) is 36.8 Å². The van der Waals surface area contributed by atoms with Crippen LogP contribution in [0.4, 0.5) is 0 Å². The van der Waals surface area contributed by atoms with Crippen LogP contribution in [0.25, 0.3) is 10.1 Å². The molecule has 1 aromatic carbocycles. The average molecular weight is 333 g/mol. The molecule has 3 rings (SSSR count). The number of nitrogens with one attached hydrogen (secondary N) is 1. The van der Waals surface area contributed by atoms with E-state index in [1.165, 1.54) is 11.3 Å². The maximum Gasteiger partial charge on any atom is 0.349 e. The zero-order valence-electron chi connectivity index (χ0n) is 13.0. The topological polar surface area (TPSA) is 64.6 Å². The summed E-state index contributed by atoms with van der Waals surface area (Å²) in [5.74, 6) is -0.747. The van der Waals surface area contributed by atoms with Crippen molar-refractivity contribution in [2.75, 3.05) is 19.8 Å². The summed E-state index contributed by atoms with van der Waals surface area (Å²) in [6.45, 7) is 2.85. The minimum atomic E-state index is -0.448. The summed E-state index contributed by atoms with van der Waals surface area (Å²) < 4.78 is 11.6. The second kappa shape index (κ2) is 7.10. The van der Waals surface area contributed by atoms with Gasteiger partial charge in [-0.3, -0.25) is 4.79 Å². The number of carbonyl (C=O) groups excluding carboxylic acids is 2. The molecular formula is C17H19NO4S. The van der Waals surface area contributed by atoms with Crippen LogP contribution in [0.2, 0.25) is 0 Å². The predicted octanol–water partition coefficient (Wildman–Crippen LogP) is 2.66. The molecule has 2 aromatic rings. The standard InChI is InChI=1S/C17H19NO4S/c1-11-13-6-2-3-7-14(13)23-16(11)17(20)22-10-15(19)18-9-12-5-4-8-21-12/h2-3,6-7,12H,4-5,8-10H2,1H3,(H,18,19). The molecule has 2 heterocycles. The Balaban J connectivity index is 1.53. The van der Waals surface area contributed by atoms with Gasteiger partial charge >= 0.3 is 5.97 Å². The normalized spacial score (nSPS) is 17.3. The summed E-state index contributed by atoms with van der Waals surface area (Å²) in [6.07, 6.45) is 2.07. The lowest BCUT2D eigenvalue weighted by molar-refractivity contribution is -0.124. The second-order valence-corrected chi connectivity index (χ2v) is 6.62. The van der Waals surface area contributed by atoms with Crippen LogP contribution >= 0.6 is 11.3 Å². The highest BCUT2D eigenvalue weighted by Crippen LogP contribution is 2.30. The Morgan fingerprint density at radius 2 is 2.22 bits per heavy atom. The van der Waals surface area contributed by atoms with Crippen molar-refractivity contribution in [1.29, 1.82) is 0 Å². The van der Waals surface area contributed by atoms with Crippen molar-refractivity contribution >= 4 is 33.3 Å². The van der Waals surface area contributed by atoms with Gasteiger partial charge in [0.15, 0.2) is 6.61 Å². The van der Waals surface area contributed by atoms with Gasteiger partial charge in [-0.2, -0.15) is 0 Å². The van der Waals surface area contributed by atoms with Crippen LogP contribution < -0.4 is 5.32 Å². The molecule has 6 heteroatoms. The van der Waals surface area contributed by atoms with Gasteiger partial charge in [-0.1, -0.05) is 18.2 Å². The Morgan fingerprint density at radius 1 is 1.39 bits per heavy atom. The number of thiophene rings is 1. The summed E-state index contributed by atoms with van der Waals surface area (Å²) in [7, 11) is 0. The molecule has 122 valence electrons. The van der Waals surface area contributed by atoms with Crippen molar-refractivity contribution in [2.24, 2.45) is 0 Å². The third-order valence-corrected chi connectivity index (χ3v) is 5.17. The highest BCUT2D eigenvalue weighted by molar-refractivity contribution is 7.21. The lowest BCUT2D eigenvalue weighted by atomic mass is 10.1. The highest BCUT2D eigenvalue weighted by Gasteiger charge is 2.19. The number of ether oxygens (including phenoxy) is 2. The molecule has 1 unspecified atom stereocenters. The van der Waals surface area contributed by atoms with E-state index in [4.69, 9.17) is 9.47 Å². The van der Waals surface area contributed by atoms with Crippen molar-refractivity contribution in [3.05, 3.63) is 34.7 Å². The van der Waals surface area contributed by atoms with E-state index in [1.54, 1.807) is 0 Å². The molecule has 1 N–H and O–H groups in total. The van der Waals surface area contributed by atoms with Crippen molar-refractivity contribution < 1.29 is 19.1 Å². The maximum absolute atomic E-state index is 12.2. The number of aryl methyl sites for hydroxylation is 1. The molecule has 1 aliphatic heterocycles. The van der Waals surface area contributed by atoms with Crippen molar-refractivity contribution in [2.45, 2.75) is 25.9 Å². The Kier molecular flexibility index (Phi) is 4.93. The van der Waals surface area contributed by atoms with Gasteiger partial charge in [0, 0.05) is 17.9 Å². The van der Waals surface area contributed by atoms with Crippen LogP contribution in [0.1, 0.15) is 28.1 Å². The van der Waals surface area contributed by atoms with E-state index in [1.807, 2.05) is 31.2 Å². The van der Waals surface area contributed by atoms with Crippen LogP contribution in [0.15, 0.2) is 24.3 Å². The van der Waals surface area contributed by atoms with Gasteiger partial charge in [0.05, 0.1) is 6.10 Å². The third kappa shape index (κ3) is 3.71. The van der Waals surface area contributed by atoms with E-state index in [-0.39, 0.29) is 18.6 Å². The van der Waals surface area contributed by atoms with Gasteiger partial charge in [0.25, 0.3) is 5.91 Å². The fraction of sp³-hybridized carbons (Fsp3) is 0.412. The number of rotatable bonds is 5. The lowest BCUT2D eigenvalue weighted by Crippen LogP contribution is -2.34. The number of benzene rings is 1. The molecule has 1 atom stereocenters. The number of hydrogen-bond acceptors (Lipinski definition) is 5. The van der Waals surface area contributed by atoms with Crippen molar-refractivity contribution in [3.8, 4) is 0 Å². The largest absolute Gasteiger partial charge is 0.451 e. The summed E-state index contributed by atoms with van der Waals surface area (Å²) in [5.41, 5.74) is 0.898. The number of fused-ring (bicyclic) bond motifs is 1. The molecule has 1 aliphatic rings. The van der Waals surface area contributed by atoms with Gasteiger partial charge in [0.1, 0.15) is 4.88 Å². The molecule has 1 saturated heterocycles. The smallest absolute Gasteiger partial charge is 0.349 e. The minimum absolute atomic E-state index is 0.0829.